The molecule has 2 fully saturated rings. The first-order valence-electron chi connectivity index (χ1n) is 13.8. The maximum atomic E-state index is 6.18. The average molecular weight is 515 g/mol. The molecule has 3 aliphatic carbocycles. The van der Waals surface area contributed by atoms with Crippen molar-refractivity contribution >= 4 is 23.1 Å². The number of anilines is 4. The number of aromatic nitrogens is 3. The standard InChI is InChI=1S/C30H38N6O2/c1-36(2)23-16-24(17-23)38-26-7-6-21(15-27(26)37-3)34-29-31-13-9-28(35-29)33-22-14-20-8-12-30(10-4-5-11-30)18-25(20)32-19-22/h6-7,9,13-15,19,23-24H,4-5,8,10-12,16-18H2,1-3H3,(H2,31,33,34,35). The molecule has 2 heterocycles. The van der Waals surface area contributed by atoms with E-state index in [0.29, 0.717) is 23.2 Å². The molecule has 1 spiro atoms. The molecule has 2 saturated carbocycles. The van der Waals surface area contributed by atoms with Gasteiger partial charge in [0.25, 0.3) is 0 Å². The van der Waals surface area contributed by atoms with E-state index < -0.39 is 0 Å². The zero-order chi connectivity index (χ0) is 26.1. The number of hydrogen-bond donors (Lipinski definition) is 2. The van der Waals surface area contributed by atoms with Crippen LogP contribution in [0.3, 0.4) is 0 Å². The van der Waals surface area contributed by atoms with Crippen molar-refractivity contribution in [3.8, 4) is 11.5 Å². The monoisotopic (exact) mass is 514 g/mol. The van der Waals surface area contributed by atoms with Gasteiger partial charge >= 0.3 is 0 Å². The van der Waals surface area contributed by atoms with Crippen LogP contribution in [-0.4, -0.2) is 53.2 Å². The fourth-order valence-corrected chi connectivity index (χ4v) is 6.22. The molecule has 8 heteroatoms. The summed E-state index contributed by atoms with van der Waals surface area (Å²) in [6, 6.07) is 10.5. The smallest absolute Gasteiger partial charge is 0.229 e. The number of nitrogens with one attached hydrogen (secondary N) is 2. The maximum Gasteiger partial charge on any atom is 0.229 e. The summed E-state index contributed by atoms with van der Waals surface area (Å²) in [6.45, 7) is 0. The van der Waals surface area contributed by atoms with Gasteiger partial charge in [0.1, 0.15) is 11.9 Å². The quantitative estimate of drug-likeness (QED) is 0.385. The Bertz CT molecular complexity index is 1280. The summed E-state index contributed by atoms with van der Waals surface area (Å²) < 4.78 is 11.8. The second-order valence-electron chi connectivity index (χ2n) is 11.4. The second kappa shape index (κ2) is 10.4. The van der Waals surface area contributed by atoms with Crippen LogP contribution in [0.15, 0.2) is 42.7 Å². The number of fused-ring (bicyclic) bond motifs is 1. The molecule has 38 heavy (non-hydrogen) atoms. The van der Waals surface area contributed by atoms with Gasteiger partial charge in [-0.3, -0.25) is 4.98 Å². The zero-order valence-electron chi connectivity index (χ0n) is 22.7. The molecular formula is C30H38N6O2. The van der Waals surface area contributed by atoms with Crippen LogP contribution in [0, 0.1) is 5.41 Å². The van der Waals surface area contributed by atoms with Gasteiger partial charge in [0.15, 0.2) is 11.5 Å². The summed E-state index contributed by atoms with van der Waals surface area (Å²) in [5, 5.41) is 6.71. The SMILES string of the molecule is COc1cc(Nc2nccc(Nc3cnc4c(c3)CCC3(CCCC3)C4)n2)ccc1OC1CC(N(C)C)C1. The lowest BCUT2D eigenvalue weighted by Gasteiger charge is -2.39. The van der Waals surface area contributed by atoms with E-state index in [0.717, 1.165) is 48.6 Å². The third kappa shape index (κ3) is 5.27. The molecule has 200 valence electrons. The van der Waals surface area contributed by atoms with E-state index in [2.05, 4.69) is 45.7 Å². The predicted molar refractivity (Wildman–Crippen MR) is 150 cm³/mol. The van der Waals surface area contributed by atoms with Gasteiger partial charge in [-0.05, 0) is 94.3 Å². The third-order valence-corrected chi connectivity index (χ3v) is 8.63. The molecule has 2 N–H and O–H groups in total. The van der Waals surface area contributed by atoms with Crippen LogP contribution in [-0.2, 0) is 12.8 Å². The molecule has 1 aromatic carbocycles. The Morgan fingerprint density at radius 3 is 2.58 bits per heavy atom. The van der Waals surface area contributed by atoms with Gasteiger partial charge in [0.05, 0.1) is 19.0 Å². The van der Waals surface area contributed by atoms with Crippen molar-refractivity contribution in [1.29, 1.82) is 0 Å². The van der Waals surface area contributed by atoms with Gasteiger partial charge in [0, 0.05) is 29.7 Å². The number of ether oxygens (including phenoxy) is 2. The minimum Gasteiger partial charge on any atom is -0.493 e. The Morgan fingerprint density at radius 2 is 1.79 bits per heavy atom. The molecule has 0 saturated heterocycles. The molecule has 8 nitrogen and oxygen atoms in total. The van der Waals surface area contributed by atoms with Crippen molar-refractivity contribution < 1.29 is 9.47 Å². The molecule has 6 rings (SSSR count). The molecule has 3 aliphatic rings. The van der Waals surface area contributed by atoms with Crippen molar-refractivity contribution in [1.82, 2.24) is 19.9 Å². The summed E-state index contributed by atoms with van der Waals surface area (Å²) in [5.41, 5.74) is 4.97. The highest BCUT2D eigenvalue weighted by Gasteiger charge is 2.37. The minimum absolute atomic E-state index is 0.225. The first-order chi connectivity index (χ1) is 18.5. The number of rotatable bonds is 8. The maximum absolute atomic E-state index is 6.18. The van der Waals surface area contributed by atoms with Crippen LogP contribution >= 0.6 is 0 Å². The molecule has 0 atom stereocenters. The second-order valence-corrected chi connectivity index (χ2v) is 11.4. The highest BCUT2D eigenvalue weighted by atomic mass is 16.5. The van der Waals surface area contributed by atoms with E-state index in [9.17, 15) is 0 Å². The Labute approximate surface area is 225 Å². The molecule has 2 aromatic heterocycles. The van der Waals surface area contributed by atoms with E-state index in [1.807, 2.05) is 30.5 Å². The number of methoxy groups -OCH3 is 1. The predicted octanol–water partition coefficient (Wildman–Crippen LogP) is 5.89. The van der Waals surface area contributed by atoms with Crippen LogP contribution in [0.25, 0.3) is 0 Å². The highest BCUT2D eigenvalue weighted by Crippen LogP contribution is 2.47. The van der Waals surface area contributed by atoms with Crippen LogP contribution in [0.4, 0.5) is 23.1 Å². The summed E-state index contributed by atoms with van der Waals surface area (Å²) in [5.74, 6) is 2.68. The largest absolute Gasteiger partial charge is 0.493 e. The molecule has 0 aliphatic heterocycles. The van der Waals surface area contributed by atoms with Crippen molar-refractivity contribution in [2.45, 2.75) is 69.9 Å². The van der Waals surface area contributed by atoms with Crippen molar-refractivity contribution in [3.05, 3.63) is 54.0 Å². The van der Waals surface area contributed by atoms with Crippen LogP contribution in [0.1, 0.15) is 56.2 Å². The van der Waals surface area contributed by atoms with E-state index in [4.69, 9.17) is 14.5 Å². The first kappa shape index (κ1) is 24.9. The fraction of sp³-hybridized carbons (Fsp3) is 0.500. The molecule has 3 aromatic rings. The molecular weight excluding hydrogens is 476 g/mol. The zero-order valence-corrected chi connectivity index (χ0v) is 22.7. The molecule has 0 radical (unpaired) electrons. The first-order valence-corrected chi connectivity index (χ1v) is 13.8. The van der Waals surface area contributed by atoms with Gasteiger partial charge in [-0.1, -0.05) is 12.8 Å². The Kier molecular flexibility index (Phi) is 6.82. The summed E-state index contributed by atoms with van der Waals surface area (Å²) >= 11 is 0. The van der Waals surface area contributed by atoms with Gasteiger partial charge in [-0.2, -0.15) is 4.98 Å². The van der Waals surface area contributed by atoms with Gasteiger partial charge in [-0.15, -0.1) is 0 Å². The van der Waals surface area contributed by atoms with E-state index in [1.54, 1.807) is 13.3 Å². The van der Waals surface area contributed by atoms with E-state index in [-0.39, 0.29) is 6.10 Å². The Balaban J connectivity index is 1.10. The van der Waals surface area contributed by atoms with Crippen LogP contribution in [0.2, 0.25) is 0 Å². The van der Waals surface area contributed by atoms with Gasteiger partial charge < -0.3 is 25.0 Å². The van der Waals surface area contributed by atoms with Crippen molar-refractivity contribution in [2.24, 2.45) is 5.41 Å². The lowest BCUT2D eigenvalue weighted by Crippen LogP contribution is -2.46. The topological polar surface area (TPSA) is 84.4 Å². The summed E-state index contributed by atoms with van der Waals surface area (Å²) in [7, 11) is 5.89. The van der Waals surface area contributed by atoms with Gasteiger partial charge in [0.2, 0.25) is 5.95 Å². The lowest BCUT2D eigenvalue weighted by atomic mass is 9.72. The van der Waals surface area contributed by atoms with Crippen LogP contribution < -0.4 is 20.1 Å². The normalized spacial score (nSPS) is 21.6. The fourth-order valence-electron chi connectivity index (χ4n) is 6.22. The molecule has 0 unspecified atom stereocenters. The van der Waals surface area contributed by atoms with Gasteiger partial charge in [-0.25, -0.2) is 4.98 Å². The van der Waals surface area contributed by atoms with Crippen molar-refractivity contribution in [2.75, 3.05) is 31.8 Å². The Hall–Kier alpha value is -3.39. The average Bonchev–Trinajstić information content (AvgIpc) is 3.34. The molecule has 0 amide bonds. The van der Waals surface area contributed by atoms with Crippen molar-refractivity contribution in [3.63, 3.8) is 0 Å². The summed E-state index contributed by atoms with van der Waals surface area (Å²) in [6.07, 6.45) is 15.0. The Morgan fingerprint density at radius 1 is 0.947 bits per heavy atom. The number of nitrogens with zero attached hydrogens (tertiary/aromatic N) is 4. The van der Waals surface area contributed by atoms with Crippen LogP contribution in [0.5, 0.6) is 11.5 Å². The summed E-state index contributed by atoms with van der Waals surface area (Å²) in [4.78, 5) is 16.2. The van der Waals surface area contributed by atoms with E-state index >= 15 is 0 Å². The molecule has 0 bridgehead atoms. The minimum atomic E-state index is 0.225. The highest BCUT2D eigenvalue weighted by molar-refractivity contribution is 5.62. The number of benzene rings is 1. The third-order valence-electron chi connectivity index (χ3n) is 8.63. The lowest BCUT2D eigenvalue weighted by molar-refractivity contribution is 0.0383. The van der Waals surface area contributed by atoms with E-state index in [1.165, 1.54) is 43.4 Å². The number of hydrogen-bond acceptors (Lipinski definition) is 8. The number of aryl methyl sites for hydroxylation is 1. The number of pyridine rings is 1.